The predicted molar refractivity (Wildman–Crippen MR) is 37.6 cm³/mol. The van der Waals surface area contributed by atoms with Crippen LogP contribution in [0.25, 0.3) is 0 Å². The molecular weight excluding hydrogens is 182 g/mol. The Morgan fingerprint density at radius 2 is 2.56 bits per heavy atom. The number of hydrogen-bond donors (Lipinski definition) is 0. The number of carbonyl (C=O) groups excluding carboxylic acids is 1. The molecule has 0 aliphatic carbocycles. The van der Waals surface area contributed by atoms with Gasteiger partial charge in [-0.2, -0.15) is 0 Å². The molecule has 1 rings (SSSR count). The van der Waals surface area contributed by atoms with Crippen LogP contribution in [0, 0.1) is 0 Å². The summed E-state index contributed by atoms with van der Waals surface area (Å²) in [6, 6.07) is 0. The van der Waals surface area contributed by atoms with Crippen molar-refractivity contribution in [2.45, 2.75) is 0 Å². The minimum Gasteiger partial charge on any atom is -0.278 e. The molecule has 0 aromatic carbocycles. The van der Waals surface area contributed by atoms with Crippen LogP contribution in [0.3, 0.4) is 0 Å². The summed E-state index contributed by atoms with van der Waals surface area (Å²) in [5.74, 6) is 0. The normalized spacial score (nSPS) is 15.7. The Balaban J connectivity index is 2.88. The molecule has 0 unspecified atom stereocenters. The first-order valence-electron chi connectivity index (χ1n) is 2.36. The van der Waals surface area contributed by atoms with Crippen molar-refractivity contribution in [3.63, 3.8) is 0 Å². The van der Waals surface area contributed by atoms with Crippen molar-refractivity contribution in [1.82, 2.24) is 4.90 Å². The van der Waals surface area contributed by atoms with E-state index in [4.69, 9.17) is 0 Å². The first-order valence-corrected chi connectivity index (χ1v) is 3.16. The summed E-state index contributed by atoms with van der Waals surface area (Å²) in [7, 11) is 0. The van der Waals surface area contributed by atoms with Gasteiger partial charge in [-0.25, -0.2) is 0 Å². The van der Waals surface area contributed by atoms with Crippen LogP contribution >= 0.6 is 15.9 Å². The highest BCUT2D eigenvalue weighted by Gasteiger charge is 2.00. The largest absolute Gasteiger partial charge is 0.278 e. The molecule has 9 heavy (non-hydrogen) atoms. The fourth-order valence-electron chi connectivity index (χ4n) is 0.469. The molecule has 0 fully saturated rings. The van der Waals surface area contributed by atoms with E-state index >= 15 is 0 Å². The average Bonchev–Trinajstić information content (AvgIpc) is 1.89. The van der Waals surface area contributed by atoms with Crippen LogP contribution in [0.2, 0.25) is 0 Å². The van der Waals surface area contributed by atoms with Crippen LogP contribution in [0.5, 0.6) is 0 Å². The minimum atomic E-state index is 0.709. The second-order valence-electron chi connectivity index (χ2n) is 1.46. The zero-order chi connectivity index (χ0) is 6.69. The van der Waals surface area contributed by atoms with E-state index < -0.39 is 0 Å². The zero-order valence-electron chi connectivity index (χ0n) is 4.54. The molecule has 0 N–H and O–H groups in total. The van der Waals surface area contributed by atoms with E-state index in [-0.39, 0.29) is 0 Å². The highest BCUT2D eigenvalue weighted by molar-refractivity contribution is 9.11. The van der Waals surface area contributed by atoms with Gasteiger partial charge in [0.05, 0.1) is 10.8 Å². The van der Waals surface area contributed by atoms with E-state index in [9.17, 15) is 4.79 Å². The topological polar surface area (TPSA) is 20.3 Å². The fourth-order valence-corrected chi connectivity index (χ4v) is 0.787. The van der Waals surface area contributed by atoms with Gasteiger partial charge in [0.25, 0.3) is 0 Å². The van der Waals surface area contributed by atoms with E-state index in [1.165, 1.54) is 4.90 Å². The maximum Gasteiger partial charge on any atom is 0.219 e. The van der Waals surface area contributed by atoms with Gasteiger partial charge >= 0.3 is 0 Å². The van der Waals surface area contributed by atoms with Gasteiger partial charge in [-0.1, -0.05) is 0 Å². The maximum atomic E-state index is 10.1. The molecule has 3 heteroatoms. The maximum absolute atomic E-state index is 10.1. The number of nitrogens with zero attached hydrogens (tertiary/aromatic N) is 1. The third-order valence-electron chi connectivity index (χ3n) is 0.891. The summed E-state index contributed by atoms with van der Waals surface area (Å²) in [5, 5.41) is 0. The van der Waals surface area contributed by atoms with Gasteiger partial charge < -0.3 is 0 Å². The predicted octanol–water partition coefficient (Wildman–Crippen LogP) is 1.36. The highest BCUT2D eigenvalue weighted by atomic mass is 79.9. The number of amides is 1. The molecule has 0 spiro atoms. The summed E-state index contributed by atoms with van der Waals surface area (Å²) in [6.45, 7) is 0. The Bertz CT molecular complexity index is 213. The van der Waals surface area contributed by atoms with Crippen LogP contribution < -0.4 is 0 Å². The fraction of sp³-hybridized carbons (Fsp3) is 0. The zero-order valence-corrected chi connectivity index (χ0v) is 6.13. The summed E-state index contributed by atoms with van der Waals surface area (Å²) in [4.78, 5) is 11.5. The molecule has 0 saturated heterocycles. The smallest absolute Gasteiger partial charge is 0.219 e. The molecule has 0 aromatic heterocycles. The van der Waals surface area contributed by atoms with Crippen molar-refractivity contribution in [2.24, 2.45) is 0 Å². The SMILES string of the molecule is O=CN1C=C=CC=C1Br. The standard InChI is InChI=1S/C6H4BrNO/c7-6-3-1-2-4-8(6)5-9/h1,3-5H. The Labute approximate surface area is 61.3 Å². The lowest BCUT2D eigenvalue weighted by atomic mass is 10.5. The third-order valence-corrected chi connectivity index (χ3v) is 1.56. The number of allylic oxidation sites excluding steroid dienone is 2. The third kappa shape index (κ3) is 1.31. The molecule has 46 valence electrons. The Morgan fingerprint density at radius 1 is 1.78 bits per heavy atom. The lowest BCUT2D eigenvalue weighted by Gasteiger charge is -2.09. The van der Waals surface area contributed by atoms with Crippen LogP contribution in [0.4, 0.5) is 0 Å². The van der Waals surface area contributed by atoms with Crippen molar-refractivity contribution < 1.29 is 4.79 Å². The minimum absolute atomic E-state index is 0.709. The van der Waals surface area contributed by atoms with E-state index in [0.717, 1.165) is 4.61 Å². The van der Waals surface area contributed by atoms with Gasteiger partial charge in [0.1, 0.15) is 0 Å². The Kier molecular flexibility index (Phi) is 1.88. The van der Waals surface area contributed by atoms with Crippen molar-refractivity contribution in [3.05, 3.63) is 28.7 Å². The first kappa shape index (κ1) is 6.33. The number of halogens is 1. The van der Waals surface area contributed by atoms with E-state index in [2.05, 4.69) is 21.7 Å². The number of carbonyl (C=O) groups is 1. The molecule has 1 aliphatic heterocycles. The number of hydrogen-bond acceptors (Lipinski definition) is 1. The van der Waals surface area contributed by atoms with Crippen LogP contribution in [0.15, 0.2) is 28.7 Å². The molecule has 0 aromatic rings. The van der Waals surface area contributed by atoms with Gasteiger partial charge in [0.2, 0.25) is 6.41 Å². The molecule has 1 aliphatic rings. The molecule has 1 amide bonds. The first-order chi connectivity index (χ1) is 4.34. The lowest BCUT2D eigenvalue weighted by Crippen LogP contribution is -2.10. The number of rotatable bonds is 1. The van der Waals surface area contributed by atoms with E-state index in [1.54, 1.807) is 18.4 Å². The van der Waals surface area contributed by atoms with E-state index in [1.807, 2.05) is 0 Å². The summed E-state index contributed by atoms with van der Waals surface area (Å²) in [5.41, 5.74) is 2.75. The summed E-state index contributed by atoms with van der Waals surface area (Å²) >= 11 is 3.17. The summed E-state index contributed by atoms with van der Waals surface area (Å²) in [6.07, 6.45) is 5.73. The highest BCUT2D eigenvalue weighted by Crippen LogP contribution is 2.12. The van der Waals surface area contributed by atoms with Crippen molar-refractivity contribution >= 4 is 22.3 Å². The Hall–Kier alpha value is -0.790. The van der Waals surface area contributed by atoms with Crippen LogP contribution in [-0.4, -0.2) is 11.3 Å². The molecule has 0 bridgehead atoms. The second kappa shape index (κ2) is 2.67. The molecular formula is C6H4BrNO. The van der Waals surface area contributed by atoms with Gasteiger partial charge in [-0.15, -0.1) is 5.73 Å². The molecule has 0 saturated carbocycles. The van der Waals surface area contributed by atoms with Crippen LogP contribution in [-0.2, 0) is 4.79 Å². The molecule has 2 nitrogen and oxygen atoms in total. The van der Waals surface area contributed by atoms with Crippen molar-refractivity contribution in [1.29, 1.82) is 0 Å². The Morgan fingerprint density at radius 3 is 3.00 bits per heavy atom. The molecule has 0 atom stereocenters. The van der Waals surface area contributed by atoms with Gasteiger partial charge in [0, 0.05) is 0 Å². The van der Waals surface area contributed by atoms with E-state index in [0.29, 0.717) is 6.41 Å². The quantitative estimate of drug-likeness (QED) is 0.344. The lowest BCUT2D eigenvalue weighted by molar-refractivity contribution is -0.114. The molecule has 1 heterocycles. The summed E-state index contributed by atoms with van der Waals surface area (Å²) < 4.78 is 0.733. The average molecular weight is 186 g/mol. The van der Waals surface area contributed by atoms with Crippen LogP contribution in [0.1, 0.15) is 0 Å². The second-order valence-corrected chi connectivity index (χ2v) is 2.28. The van der Waals surface area contributed by atoms with Crippen molar-refractivity contribution in [2.75, 3.05) is 0 Å². The van der Waals surface area contributed by atoms with Gasteiger partial charge in [0.15, 0.2) is 0 Å². The molecule has 0 radical (unpaired) electrons. The van der Waals surface area contributed by atoms with Gasteiger partial charge in [-0.05, 0) is 28.1 Å². The van der Waals surface area contributed by atoms with Gasteiger partial charge in [-0.3, -0.25) is 9.69 Å². The van der Waals surface area contributed by atoms with Crippen molar-refractivity contribution in [3.8, 4) is 0 Å². The monoisotopic (exact) mass is 185 g/mol.